The highest BCUT2D eigenvalue weighted by Crippen LogP contribution is 2.17. The smallest absolute Gasteiger partial charge is 0.122 e. The molecule has 0 atom stereocenters. The van der Waals surface area contributed by atoms with E-state index in [1.165, 1.54) is 5.56 Å². The first-order chi connectivity index (χ1) is 6.74. The molecule has 2 nitrogen and oxygen atoms in total. The average Bonchev–Trinajstić information content (AvgIpc) is 2.18. The second kappa shape index (κ2) is 7.55. The van der Waals surface area contributed by atoms with E-state index in [1.807, 2.05) is 12.1 Å². The molecule has 0 spiro atoms. The first kappa shape index (κ1) is 14.3. The van der Waals surface area contributed by atoms with Crippen molar-refractivity contribution in [3.63, 3.8) is 0 Å². The maximum Gasteiger partial charge on any atom is 0.122 e. The summed E-state index contributed by atoms with van der Waals surface area (Å²) in [7, 11) is 4.10. The molecule has 3 heteroatoms. The van der Waals surface area contributed by atoms with Crippen LogP contribution in [0.4, 0.5) is 0 Å². The van der Waals surface area contributed by atoms with Gasteiger partial charge < -0.3 is 22.0 Å². The van der Waals surface area contributed by atoms with Crippen molar-refractivity contribution in [2.45, 2.75) is 13.3 Å². The van der Waals surface area contributed by atoms with Gasteiger partial charge in [-0.15, -0.1) is 0 Å². The molecule has 1 aromatic rings. The Morgan fingerprint density at radius 3 is 2.47 bits per heavy atom. The third-order valence-corrected chi connectivity index (χ3v) is 2.15. The van der Waals surface area contributed by atoms with Gasteiger partial charge in [-0.1, -0.05) is 25.1 Å². The van der Waals surface area contributed by atoms with Gasteiger partial charge in [0, 0.05) is 6.54 Å². The second-order valence-electron chi connectivity index (χ2n) is 3.61. The van der Waals surface area contributed by atoms with Crippen molar-refractivity contribution < 1.29 is 17.1 Å². The molecule has 0 aliphatic heterocycles. The molecule has 15 heavy (non-hydrogen) atoms. The topological polar surface area (TPSA) is 12.5 Å². The number of hydrogen-bond acceptors (Lipinski definition) is 2. The lowest BCUT2D eigenvalue weighted by molar-refractivity contribution is -0.00000359. The zero-order chi connectivity index (χ0) is 10.4. The van der Waals surface area contributed by atoms with Crippen molar-refractivity contribution >= 4 is 0 Å². The fourth-order valence-corrected chi connectivity index (χ4v) is 1.27. The summed E-state index contributed by atoms with van der Waals surface area (Å²) in [6.45, 7) is 3.86. The molecular weight excluding hydrogens is 210 g/mol. The summed E-state index contributed by atoms with van der Waals surface area (Å²) in [6, 6.07) is 8.22. The summed E-state index contributed by atoms with van der Waals surface area (Å²) in [5.74, 6) is 1.02. The molecule has 0 bridgehead atoms. The molecule has 0 amide bonds. The zero-order valence-corrected chi connectivity index (χ0v) is 10.4. The Kier molecular flexibility index (Phi) is 7.18. The van der Waals surface area contributed by atoms with E-state index in [4.69, 9.17) is 4.74 Å². The van der Waals surface area contributed by atoms with E-state index in [0.717, 1.165) is 25.3 Å². The van der Waals surface area contributed by atoms with Crippen LogP contribution in [-0.4, -0.2) is 32.1 Å². The van der Waals surface area contributed by atoms with Gasteiger partial charge in [0.25, 0.3) is 0 Å². The fraction of sp³-hybridized carbons (Fsp3) is 0.500. The van der Waals surface area contributed by atoms with Gasteiger partial charge in [0.05, 0.1) is 0 Å². The highest BCUT2D eigenvalue weighted by atomic mass is 35.5. The normalized spacial score (nSPS) is 9.87. The van der Waals surface area contributed by atoms with E-state index in [0.29, 0.717) is 0 Å². The minimum Gasteiger partial charge on any atom is -1.00 e. The summed E-state index contributed by atoms with van der Waals surface area (Å²) < 4.78 is 5.70. The van der Waals surface area contributed by atoms with Crippen molar-refractivity contribution in [1.82, 2.24) is 4.90 Å². The number of halogens is 1. The molecule has 0 aliphatic carbocycles. The quantitative estimate of drug-likeness (QED) is 0.654. The first-order valence-electron chi connectivity index (χ1n) is 5.09. The number of para-hydroxylation sites is 1. The Balaban J connectivity index is 0.00000196. The molecule has 1 rings (SSSR count). The summed E-state index contributed by atoms with van der Waals surface area (Å²) in [5, 5.41) is 0. The number of benzene rings is 1. The van der Waals surface area contributed by atoms with Crippen molar-refractivity contribution in [2.24, 2.45) is 0 Å². The highest BCUT2D eigenvalue weighted by molar-refractivity contribution is 5.33. The standard InChI is InChI=1S/C12H19NO.ClH/c1-4-11-7-5-6-8-12(11)14-10-9-13(2)3;/h5-8H,4,9-10H2,1-3H3;1H/p-1. The van der Waals surface area contributed by atoms with Crippen molar-refractivity contribution in [2.75, 3.05) is 27.2 Å². The summed E-state index contributed by atoms with van der Waals surface area (Å²) in [4.78, 5) is 2.12. The summed E-state index contributed by atoms with van der Waals surface area (Å²) in [6.07, 6.45) is 1.03. The van der Waals surface area contributed by atoms with Crippen molar-refractivity contribution in [3.05, 3.63) is 29.8 Å². The van der Waals surface area contributed by atoms with Crippen LogP contribution >= 0.6 is 0 Å². The molecule has 0 N–H and O–H groups in total. The lowest BCUT2D eigenvalue weighted by Crippen LogP contribution is -3.00. The van der Waals surface area contributed by atoms with Crippen LogP contribution in [0.2, 0.25) is 0 Å². The Morgan fingerprint density at radius 1 is 1.20 bits per heavy atom. The van der Waals surface area contributed by atoms with E-state index < -0.39 is 0 Å². The van der Waals surface area contributed by atoms with Crippen LogP contribution in [0.3, 0.4) is 0 Å². The van der Waals surface area contributed by atoms with Crippen LogP contribution in [0.5, 0.6) is 5.75 Å². The van der Waals surface area contributed by atoms with Gasteiger partial charge in [0.15, 0.2) is 0 Å². The minimum absolute atomic E-state index is 0. The molecular formula is C12H19ClNO-. The van der Waals surface area contributed by atoms with Gasteiger partial charge in [-0.2, -0.15) is 0 Å². The number of likely N-dealkylation sites (N-methyl/N-ethyl adjacent to an activating group) is 1. The van der Waals surface area contributed by atoms with E-state index in [-0.39, 0.29) is 12.4 Å². The molecule has 0 saturated carbocycles. The SMILES string of the molecule is CCc1ccccc1OCCN(C)C.[Cl-]. The molecule has 0 radical (unpaired) electrons. The van der Waals surface area contributed by atoms with E-state index in [9.17, 15) is 0 Å². The van der Waals surface area contributed by atoms with Crippen LogP contribution in [-0.2, 0) is 6.42 Å². The number of hydrogen-bond donors (Lipinski definition) is 0. The van der Waals surface area contributed by atoms with E-state index in [1.54, 1.807) is 0 Å². The predicted molar refractivity (Wildman–Crippen MR) is 59.9 cm³/mol. The number of ether oxygens (including phenoxy) is 1. The van der Waals surface area contributed by atoms with Crippen LogP contribution in [0.1, 0.15) is 12.5 Å². The zero-order valence-electron chi connectivity index (χ0n) is 9.66. The minimum atomic E-state index is 0. The maximum atomic E-state index is 5.70. The fourth-order valence-electron chi connectivity index (χ4n) is 1.27. The van der Waals surface area contributed by atoms with Crippen LogP contribution < -0.4 is 17.1 Å². The predicted octanol–water partition coefficient (Wildman–Crippen LogP) is -0.807. The van der Waals surface area contributed by atoms with Gasteiger partial charge in [-0.05, 0) is 32.1 Å². The summed E-state index contributed by atoms with van der Waals surface area (Å²) in [5.41, 5.74) is 1.28. The molecule has 0 heterocycles. The summed E-state index contributed by atoms with van der Waals surface area (Å²) >= 11 is 0. The Bertz CT molecular complexity index is 276. The second-order valence-corrected chi connectivity index (χ2v) is 3.61. The lowest BCUT2D eigenvalue weighted by atomic mass is 10.1. The van der Waals surface area contributed by atoms with Gasteiger partial charge >= 0.3 is 0 Å². The van der Waals surface area contributed by atoms with Crippen LogP contribution in [0.25, 0.3) is 0 Å². The lowest BCUT2D eigenvalue weighted by Gasteiger charge is -2.13. The Hall–Kier alpha value is -0.730. The van der Waals surface area contributed by atoms with Gasteiger partial charge in [0.2, 0.25) is 0 Å². The van der Waals surface area contributed by atoms with E-state index in [2.05, 4.69) is 38.1 Å². The van der Waals surface area contributed by atoms with E-state index >= 15 is 0 Å². The Morgan fingerprint density at radius 2 is 1.87 bits per heavy atom. The van der Waals surface area contributed by atoms with Crippen LogP contribution in [0.15, 0.2) is 24.3 Å². The largest absolute Gasteiger partial charge is 1.00 e. The van der Waals surface area contributed by atoms with Crippen LogP contribution in [0, 0.1) is 0 Å². The third-order valence-electron chi connectivity index (χ3n) is 2.15. The first-order valence-corrected chi connectivity index (χ1v) is 5.09. The molecule has 86 valence electrons. The Labute approximate surface area is 98.6 Å². The van der Waals surface area contributed by atoms with Crippen molar-refractivity contribution in [3.8, 4) is 5.75 Å². The molecule has 0 aromatic heterocycles. The van der Waals surface area contributed by atoms with Gasteiger partial charge in [-0.3, -0.25) is 0 Å². The number of nitrogens with zero attached hydrogens (tertiary/aromatic N) is 1. The average molecular weight is 229 g/mol. The van der Waals surface area contributed by atoms with Gasteiger partial charge in [0.1, 0.15) is 12.4 Å². The molecule has 1 aromatic carbocycles. The number of rotatable bonds is 5. The highest BCUT2D eigenvalue weighted by Gasteiger charge is 1.99. The molecule has 0 saturated heterocycles. The number of aryl methyl sites for hydroxylation is 1. The monoisotopic (exact) mass is 228 g/mol. The van der Waals surface area contributed by atoms with Crippen molar-refractivity contribution in [1.29, 1.82) is 0 Å². The van der Waals surface area contributed by atoms with Gasteiger partial charge in [-0.25, -0.2) is 0 Å². The maximum absolute atomic E-state index is 5.70. The molecule has 0 aliphatic rings. The molecule has 0 unspecified atom stereocenters. The third kappa shape index (κ3) is 5.05. The molecule has 0 fully saturated rings.